The first-order valence-corrected chi connectivity index (χ1v) is 12.0. The second kappa shape index (κ2) is 10.3. The highest BCUT2D eigenvalue weighted by molar-refractivity contribution is 7.98. The van der Waals surface area contributed by atoms with Gasteiger partial charge in [-0.3, -0.25) is 9.36 Å². The SMILES string of the molecule is CN(C)CCNC(=O)c1csc(CSc2nnc(-c3ccco3)n2-c2ccc(Cl)cc2)n1. The lowest BCUT2D eigenvalue weighted by molar-refractivity contribution is 0.0946. The van der Waals surface area contributed by atoms with Gasteiger partial charge >= 0.3 is 0 Å². The number of hydrogen-bond acceptors (Lipinski definition) is 8. The van der Waals surface area contributed by atoms with Crippen molar-refractivity contribution in [2.24, 2.45) is 0 Å². The van der Waals surface area contributed by atoms with Crippen LogP contribution in [0.4, 0.5) is 0 Å². The van der Waals surface area contributed by atoms with Crippen LogP contribution in [0.1, 0.15) is 15.5 Å². The Labute approximate surface area is 198 Å². The first-order valence-electron chi connectivity index (χ1n) is 9.76. The molecule has 8 nitrogen and oxygen atoms in total. The normalized spacial score (nSPS) is 11.2. The van der Waals surface area contributed by atoms with E-state index in [1.807, 2.05) is 60.0 Å². The third kappa shape index (κ3) is 5.39. The van der Waals surface area contributed by atoms with E-state index in [4.69, 9.17) is 16.0 Å². The second-order valence-corrected chi connectivity index (χ2v) is 9.39. The zero-order valence-electron chi connectivity index (χ0n) is 17.5. The number of thiazole rings is 1. The molecule has 0 unspecified atom stereocenters. The maximum Gasteiger partial charge on any atom is 0.270 e. The molecule has 3 aromatic heterocycles. The summed E-state index contributed by atoms with van der Waals surface area (Å²) in [5.41, 5.74) is 1.30. The summed E-state index contributed by atoms with van der Waals surface area (Å²) < 4.78 is 7.46. The van der Waals surface area contributed by atoms with E-state index in [2.05, 4.69) is 20.5 Å². The molecule has 4 aromatic rings. The van der Waals surface area contributed by atoms with Gasteiger partial charge in [-0.1, -0.05) is 23.4 Å². The van der Waals surface area contributed by atoms with E-state index >= 15 is 0 Å². The van der Waals surface area contributed by atoms with Crippen LogP contribution < -0.4 is 5.32 Å². The molecule has 1 amide bonds. The third-order valence-electron chi connectivity index (χ3n) is 4.41. The lowest BCUT2D eigenvalue weighted by atomic mass is 10.3. The van der Waals surface area contributed by atoms with Crippen LogP contribution in [0.25, 0.3) is 17.3 Å². The van der Waals surface area contributed by atoms with Crippen LogP contribution in [-0.2, 0) is 5.75 Å². The van der Waals surface area contributed by atoms with Gasteiger partial charge in [0.2, 0.25) is 5.82 Å². The quantitative estimate of drug-likeness (QED) is 0.353. The molecule has 3 heterocycles. The summed E-state index contributed by atoms with van der Waals surface area (Å²) >= 11 is 9.00. The number of rotatable bonds is 9. The van der Waals surface area contributed by atoms with Crippen molar-refractivity contribution in [1.29, 1.82) is 0 Å². The van der Waals surface area contributed by atoms with Crippen LogP contribution >= 0.6 is 34.7 Å². The molecule has 0 saturated heterocycles. The van der Waals surface area contributed by atoms with Crippen molar-refractivity contribution in [2.75, 3.05) is 27.2 Å². The van der Waals surface area contributed by atoms with Gasteiger partial charge in [0.05, 0.1) is 12.0 Å². The van der Waals surface area contributed by atoms with Gasteiger partial charge in [0, 0.05) is 29.2 Å². The molecule has 0 aliphatic heterocycles. The minimum atomic E-state index is -0.163. The topological polar surface area (TPSA) is 89.1 Å². The van der Waals surface area contributed by atoms with Crippen molar-refractivity contribution in [2.45, 2.75) is 10.9 Å². The first kappa shape index (κ1) is 22.5. The molecule has 1 aromatic carbocycles. The summed E-state index contributed by atoms with van der Waals surface area (Å²) in [6.07, 6.45) is 1.60. The summed E-state index contributed by atoms with van der Waals surface area (Å²) in [6.45, 7) is 1.35. The second-order valence-electron chi connectivity index (χ2n) is 7.07. The molecule has 166 valence electrons. The average Bonchev–Trinajstić information content (AvgIpc) is 3.52. The highest BCUT2D eigenvalue weighted by Crippen LogP contribution is 2.31. The van der Waals surface area contributed by atoms with Gasteiger partial charge in [-0.05, 0) is 50.5 Å². The number of halogens is 1. The number of carbonyl (C=O) groups is 1. The molecule has 32 heavy (non-hydrogen) atoms. The fourth-order valence-electron chi connectivity index (χ4n) is 2.84. The molecular formula is C21H21ClN6O2S2. The van der Waals surface area contributed by atoms with Gasteiger partial charge in [0.25, 0.3) is 5.91 Å². The molecular weight excluding hydrogens is 468 g/mol. The molecule has 0 aliphatic rings. The number of amides is 1. The fourth-order valence-corrected chi connectivity index (χ4v) is 4.71. The Bertz CT molecular complexity index is 1170. The van der Waals surface area contributed by atoms with Crippen molar-refractivity contribution in [3.63, 3.8) is 0 Å². The van der Waals surface area contributed by atoms with Gasteiger partial charge < -0.3 is 14.6 Å². The van der Waals surface area contributed by atoms with E-state index in [1.54, 1.807) is 11.6 Å². The number of nitrogens with one attached hydrogen (secondary N) is 1. The lowest BCUT2D eigenvalue weighted by Gasteiger charge is -2.09. The maximum absolute atomic E-state index is 12.3. The van der Waals surface area contributed by atoms with Gasteiger partial charge in [-0.2, -0.15) is 0 Å². The molecule has 1 N–H and O–H groups in total. The number of likely N-dealkylation sites (N-methyl/N-ethyl adjacent to an activating group) is 1. The summed E-state index contributed by atoms with van der Waals surface area (Å²) in [6, 6.07) is 11.1. The van der Waals surface area contributed by atoms with E-state index in [0.29, 0.717) is 39.8 Å². The maximum atomic E-state index is 12.3. The van der Waals surface area contributed by atoms with Crippen LogP contribution in [-0.4, -0.2) is 57.7 Å². The van der Waals surface area contributed by atoms with E-state index in [1.165, 1.54) is 23.1 Å². The molecule has 0 atom stereocenters. The van der Waals surface area contributed by atoms with E-state index in [-0.39, 0.29) is 5.91 Å². The number of carbonyl (C=O) groups excluding carboxylic acids is 1. The number of nitrogens with zero attached hydrogens (tertiary/aromatic N) is 5. The lowest BCUT2D eigenvalue weighted by Crippen LogP contribution is -2.31. The Hall–Kier alpha value is -2.66. The van der Waals surface area contributed by atoms with Gasteiger partial charge in [-0.15, -0.1) is 21.5 Å². The van der Waals surface area contributed by atoms with E-state index in [9.17, 15) is 4.79 Å². The monoisotopic (exact) mass is 488 g/mol. The van der Waals surface area contributed by atoms with Gasteiger partial charge in [0.15, 0.2) is 10.9 Å². The minimum Gasteiger partial charge on any atom is -0.461 e. The molecule has 4 rings (SSSR count). The Balaban J connectivity index is 1.50. The summed E-state index contributed by atoms with van der Waals surface area (Å²) in [5, 5.41) is 15.5. The Morgan fingerprint density at radius 1 is 1.25 bits per heavy atom. The van der Waals surface area contributed by atoms with Gasteiger partial charge in [-0.25, -0.2) is 4.98 Å². The molecule has 11 heteroatoms. The Morgan fingerprint density at radius 2 is 2.06 bits per heavy atom. The largest absolute Gasteiger partial charge is 0.461 e. The molecule has 0 radical (unpaired) electrons. The van der Waals surface area contributed by atoms with Crippen molar-refractivity contribution < 1.29 is 9.21 Å². The zero-order chi connectivity index (χ0) is 22.5. The summed E-state index contributed by atoms with van der Waals surface area (Å²) in [4.78, 5) is 18.8. The molecule has 0 spiro atoms. The molecule has 0 saturated carbocycles. The number of aromatic nitrogens is 4. The smallest absolute Gasteiger partial charge is 0.270 e. The van der Waals surface area contributed by atoms with Crippen molar-refractivity contribution in [1.82, 2.24) is 30.0 Å². The predicted molar refractivity (Wildman–Crippen MR) is 127 cm³/mol. The van der Waals surface area contributed by atoms with Crippen LogP contribution in [0.5, 0.6) is 0 Å². The number of thioether (sulfide) groups is 1. The molecule has 0 fully saturated rings. The summed E-state index contributed by atoms with van der Waals surface area (Å²) in [5.74, 6) is 1.61. The van der Waals surface area contributed by atoms with Crippen molar-refractivity contribution >= 4 is 40.6 Å². The van der Waals surface area contributed by atoms with Crippen molar-refractivity contribution in [3.8, 4) is 17.3 Å². The fraction of sp³-hybridized carbons (Fsp3) is 0.238. The number of benzene rings is 1. The molecule has 0 bridgehead atoms. The third-order valence-corrected chi connectivity index (χ3v) is 6.64. The number of hydrogen-bond donors (Lipinski definition) is 1. The zero-order valence-corrected chi connectivity index (χ0v) is 19.9. The highest BCUT2D eigenvalue weighted by atomic mass is 35.5. The number of furan rings is 1. The van der Waals surface area contributed by atoms with E-state index in [0.717, 1.165) is 17.2 Å². The van der Waals surface area contributed by atoms with Crippen LogP contribution in [0, 0.1) is 0 Å². The minimum absolute atomic E-state index is 0.163. The van der Waals surface area contributed by atoms with Crippen LogP contribution in [0.15, 0.2) is 57.6 Å². The molecule has 0 aliphatic carbocycles. The first-order chi connectivity index (χ1) is 15.5. The van der Waals surface area contributed by atoms with E-state index < -0.39 is 0 Å². The summed E-state index contributed by atoms with van der Waals surface area (Å²) in [7, 11) is 3.93. The van der Waals surface area contributed by atoms with Gasteiger partial charge in [0.1, 0.15) is 10.7 Å². The predicted octanol–water partition coefficient (Wildman–Crippen LogP) is 4.22. The Morgan fingerprint density at radius 3 is 2.78 bits per heavy atom. The van der Waals surface area contributed by atoms with Crippen LogP contribution in [0.2, 0.25) is 5.02 Å². The highest BCUT2D eigenvalue weighted by Gasteiger charge is 2.19. The standard InChI is InChI=1S/C21H21ClN6O2S2/c1-27(2)10-9-23-20(29)16-12-31-18(24-16)13-32-21-26-25-19(17-4-3-11-30-17)28(21)15-7-5-14(22)6-8-15/h3-8,11-12H,9-10,13H2,1-2H3,(H,23,29). The average molecular weight is 489 g/mol. The van der Waals surface area contributed by atoms with Crippen LogP contribution in [0.3, 0.4) is 0 Å². The van der Waals surface area contributed by atoms with Crippen molar-refractivity contribution in [3.05, 3.63) is 63.8 Å². The Kier molecular flexibility index (Phi) is 7.26.